The first-order valence-corrected chi connectivity index (χ1v) is 9.49. The molecular formula is C22H24N2O4. The summed E-state index contributed by atoms with van der Waals surface area (Å²) >= 11 is 0. The Kier molecular flexibility index (Phi) is 6.42. The maximum absolute atomic E-state index is 12.6. The highest BCUT2D eigenvalue weighted by atomic mass is 16.4. The van der Waals surface area contributed by atoms with E-state index in [1.165, 1.54) is 0 Å². The fourth-order valence-electron chi connectivity index (χ4n) is 2.96. The number of carbonyl (C=O) groups excluding carboxylic acids is 2. The maximum Gasteiger partial charge on any atom is 0.303 e. The van der Waals surface area contributed by atoms with E-state index in [9.17, 15) is 14.4 Å². The van der Waals surface area contributed by atoms with Crippen LogP contribution in [0, 0.1) is 0 Å². The first kappa shape index (κ1) is 19.6. The zero-order chi connectivity index (χ0) is 19.9. The van der Waals surface area contributed by atoms with Crippen LogP contribution in [-0.4, -0.2) is 35.0 Å². The summed E-state index contributed by atoms with van der Waals surface area (Å²) < 4.78 is 0. The lowest BCUT2D eigenvalue weighted by Gasteiger charge is -2.18. The molecular weight excluding hydrogens is 356 g/mol. The van der Waals surface area contributed by atoms with Crippen molar-refractivity contribution in [3.8, 4) is 0 Å². The van der Waals surface area contributed by atoms with Crippen LogP contribution in [0.1, 0.15) is 52.0 Å². The van der Waals surface area contributed by atoms with Crippen molar-refractivity contribution < 1.29 is 19.5 Å². The van der Waals surface area contributed by atoms with Crippen molar-refractivity contribution in [1.29, 1.82) is 0 Å². The van der Waals surface area contributed by atoms with Crippen LogP contribution in [0.5, 0.6) is 0 Å². The summed E-state index contributed by atoms with van der Waals surface area (Å²) in [6.45, 7) is 0. The van der Waals surface area contributed by atoms with Gasteiger partial charge in [-0.2, -0.15) is 0 Å². The number of carboxylic acids is 1. The van der Waals surface area contributed by atoms with Crippen molar-refractivity contribution in [3.05, 3.63) is 71.3 Å². The quantitative estimate of drug-likeness (QED) is 0.623. The highest BCUT2D eigenvalue weighted by Gasteiger charge is 2.24. The molecule has 1 saturated carbocycles. The van der Waals surface area contributed by atoms with Crippen LogP contribution in [0.25, 0.3) is 0 Å². The van der Waals surface area contributed by atoms with Gasteiger partial charge in [0.25, 0.3) is 11.8 Å². The summed E-state index contributed by atoms with van der Waals surface area (Å²) in [5, 5.41) is 14.8. The summed E-state index contributed by atoms with van der Waals surface area (Å²) in [5.41, 5.74) is 2.00. The molecule has 0 radical (unpaired) electrons. The molecule has 6 nitrogen and oxygen atoms in total. The van der Waals surface area contributed by atoms with E-state index in [2.05, 4.69) is 10.6 Å². The largest absolute Gasteiger partial charge is 0.481 e. The van der Waals surface area contributed by atoms with Gasteiger partial charge < -0.3 is 15.7 Å². The molecule has 0 spiro atoms. The van der Waals surface area contributed by atoms with Gasteiger partial charge in [0.2, 0.25) is 0 Å². The maximum atomic E-state index is 12.6. The van der Waals surface area contributed by atoms with Gasteiger partial charge in [-0.3, -0.25) is 14.4 Å². The Morgan fingerprint density at radius 1 is 0.929 bits per heavy atom. The van der Waals surface area contributed by atoms with E-state index in [1.54, 1.807) is 24.3 Å². The molecule has 0 heterocycles. The molecule has 0 aliphatic heterocycles. The monoisotopic (exact) mass is 380 g/mol. The van der Waals surface area contributed by atoms with Gasteiger partial charge in [0.05, 0.1) is 0 Å². The first-order valence-electron chi connectivity index (χ1n) is 9.49. The molecule has 1 unspecified atom stereocenters. The Balaban J connectivity index is 1.62. The van der Waals surface area contributed by atoms with Gasteiger partial charge in [0.15, 0.2) is 0 Å². The Morgan fingerprint density at radius 2 is 1.54 bits per heavy atom. The minimum Gasteiger partial charge on any atom is -0.481 e. The fraction of sp³-hybridized carbons (Fsp3) is 0.318. The van der Waals surface area contributed by atoms with Crippen molar-refractivity contribution >= 4 is 17.8 Å². The van der Waals surface area contributed by atoms with Crippen LogP contribution in [-0.2, 0) is 11.2 Å². The van der Waals surface area contributed by atoms with Crippen LogP contribution in [0.15, 0.2) is 54.6 Å². The average molecular weight is 380 g/mol. The van der Waals surface area contributed by atoms with E-state index < -0.39 is 5.97 Å². The van der Waals surface area contributed by atoms with Gasteiger partial charge in [0.1, 0.15) is 0 Å². The summed E-state index contributed by atoms with van der Waals surface area (Å²) in [6, 6.07) is 16.1. The molecule has 0 aromatic heterocycles. The fourth-order valence-corrected chi connectivity index (χ4v) is 2.96. The molecule has 2 aromatic carbocycles. The molecule has 1 aliphatic rings. The van der Waals surface area contributed by atoms with E-state index >= 15 is 0 Å². The van der Waals surface area contributed by atoms with E-state index in [-0.39, 0.29) is 30.3 Å². The van der Waals surface area contributed by atoms with Crippen LogP contribution in [0.3, 0.4) is 0 Å². The molecule has 0 saturated heterocycles. The lowest BCUT2D eigenvalue weighted by Crippen LogP contribution is -2.37. The molecule has 3 rings (SSSR count). The molecule has 2 amide bonds. The lowest BCUT2D eigenvalue weighted by atomic mass is 10.0. The van der Waals surface area contributed by atoms with Gasteiger partial charge in [-0.15, -0.1) is 0 Å². The number of amides is 2. The average Bonchev–Trinajstić information content (AvgIpc) is 3.51. The van der Waals surface area contributed by atoms with E-state index in [1.807, 2.05) is 30.3 Å². The number of carboxylic acid groups (broad SMARTS) is 1. The molecule has 3 N–H and O–H groups in total. The highest BCUT2D eigenvalue weighted by Crippen LogP contribution is 2.19. The SMILES string of the molecule is O=C(O)CCC(Cc1ccccc1)NC(=O)c1ccc(C(=O)NC2CC2)cc1. The van der Waals surface area contributed by atoms with E-state index in [0.717, 1.165) is 18.4 Å². The number of hydrogen-bond acceptors (Lipinski definition) is 3. The molecule has 146 valence electrons. The number of carbonyl (C=O) groups is 3. The van der Waals surface area contributed by atoms with Gasteiger partial charge in [-0.05, 0) is 55.5 Å². The summed E-state index contributed by atoms with van der Waals surface area (Å²) in [7, 11) is 0. The highest BCUT2D eigenvalue weighted by molar-refractivity contribution is 5.98. The molecule has 2 aromatic rings. The molecule has 1 atom stereocenters. The Morgan fingerprint density at radius 3 is 2.11 bits per heavy atom. The number of nitrogens with one attached hydrogen (secondary N) is 2. The predicted octanol–water partition coefficient (Wildman–Crippen LogP) is 2.78. The van der Waals surface area contributed by atoms with Gasteiger partial charge >= 0.3 is 5.97 Å². The minimum absolute atomic E-state index is 0.0158. The zero-order valence-corrected chi connectivity index (χ0v) is 15.6. The zero-order valence-electron chi connectivity index (χ0n) is 15.6. The Bertz CT molecular complexity index is 829. The van der Waals surface area contributed by atoms with Crippen LogP contribution in [0.4, 0.5) is 0 Å². The third kappa shape index (κ3) is 5.94. The molecule has 1 fully saturated rings. The van der Waals surface area contributed by atoms with E-state index in [0.29, 0.717) is 24.0 Å². The number of hydrogen-bond donors (Lipinski definition) is 3. The van der Waals surface area contributed by atoms with Crippen LogP contribution < -0.4 is 10.6 Å². The molecule has 0 bridgehead atoms. The van der Waals surface area contributed by atoms with Gasteiger partial charge in [-0.1, -0.05) is 30.3 Å². The standard InChI is InChI=1S/C22H24N2O4/c25-20(26)13-12-19(14-15-4-2-1-3-5-15)24-22(28)17-8-6-16(7-9-17)21(27)23-18-10-11-18/h1-9,18-19H,10-14H2,(H,23,27)(H,24,28)(H,25,26). The summed E-state index contributed by atoms with van der Waals surface area (Å²) in [6.07, 6.45) is 2.92. The third-order valence-electron chi connectivity index (χ3n) is 4.69. The van der Waals surface area contributed by atoms with Crippen molar-refractivity contribution in [2.45, 2.75) is 44.2 Å². The lowest BCUT2D eigenvalue weighted by molar-refractivity contribution is -0.137. The predicted molar refractivity (Wildman–Crippen MR) is 105 cm³/mol. The Labute approximate surface area is 164 Å². The topological polar surface area (TPSA) is 95.5 Å². The minimum atomic E-state index is -0.890. The molecule has 28 heavy (non-hydrogen) atoms. The summed E-state index contributed by atoms with van der Waals surface area (Å²) in [4.78, 5) is 35.6. The molecule has 6 heteroatoms. The van der Waals surface area contributed by atoms with Crippen molar-refractivity contribution in [1.82, 2.24) is 10.6 Å². The third-order valence-corrected chi connectivity index (χ3v) is 4.69. The van der Waals surface area contributed by atoms with E-state index in [4.69, 9.17) is 5.11 Å². The number of aliphatic carboxylic acids is 1. The Hall–Kier alpha value is -3.15. The van der Waals surface area contributed by atoms with Crippen molar-refractivity contribution in [2.24, 2.45) is 0 Å². The second kappa shape index (κ2) is 9.17. The van der Waals surface area contributed by atoms with Gasteiger partial charge in [-0.25, -0.2) is 0 Å². The number of rotatable bonds is 9. The molecule has 1 aliphatic carbocycles. The normalized spacial score (nSPS) is 14.1. The van der Waals surface area contributed by atoms with Crippen molar-refractivity contribution in [2.75, 3.05) is 0 Å². The van der Waals surface area contributed by atoms with Crippen molar-refractivity contribution in [3.63, 3.8) is 0 Å². The van der Waals surface area contributed by atoms with Crippen LogP contribution >= 0.6 is 0 Å². The first-order chi connectivity index (χ1) is 13.5. The van der Waals surface area contributed by atoms with Gasteiger partial charge in [0, 0.05) is 29.6 Å². The summed E-state index contributed by atoms with van der Waals surface area (Å²) in [5.74, 6) is -1.29. The second-order valence-electron chi connectivity index (χ2n) is 7.12. The second-order valence-corrected chi connectivity index (χ2v) is 7.12. The smallest absolute Gasteiger partial charge is 0.303 e. The van der Waals surface area contributed by atoms with Crippen LogP contribution in [0.2, 0.25) is 0 Å². The number of benzene rings is 2.